The van der Waals surface area contributed by atoms with Gasteiger partial charge in [0.15, 0.2) is 17.8 Å². The molecule has 5 aromatic rings. The van der Waals surface area contributed by atoms with Gasteiger partial charge in [0.05, 0.1) is 12.8 Å². The second-order valence-electron chi connectivity index (χ2n) is 11.4. The third kappa shape index (κ3) is 6.42. The van der Waals surface area contributed by atoms with E-state index in [2.05, 4.69) is 31.9 Å². The summed E-state index contributed by atoms with van der Waals surface area (Å²) in [6, 6.07) is 6.12. The van der Waals surface area contributed by atoms with E-state index in [0.29, 0.717) is 16.8 Å². The maximum Gasteiger partial charge on any atom is 0.412 e. The number of rotatable bonds is 10. The monoisotopic (exact) mass is 695 g/mol. The van der Waals surface area contributed by atoms with Crippen LogP contribution in [0.2, 0.25) is 0 Å². The highest BCUT2D eigenvalue weighted by molar-refractivity contribution is 6.06. The van der Waals surface area contributed by atoms with E-state index in [1.165, 1.54) is 41.3 Å². The predicted molar refractivity (Wildman–Crippen MR) is 173 cm³/mol. The van der Waals surface area contributed by atoms with Crippen molar-refractivity contribution in [3.63, 3.8) is 0 Å². The summed E-state index contributed by atoms with van der Waals surface area (Å²) < 4.78 is 52.0. The number of hydrogen-bond donors (Lipinski definition) is 2. The predicted octanol–water partition coefficient (Wildman–Crippen LogP) is 2.96. The molecule has 0 radical (unpaired) electrons. The first-order valence-corrected chi connectivity index (χ1v) is 15.5. The molecule has 4 aromatic heterocycles. The van der Waals surface area contributed by atoms with Crippen molar-refractivity contribution in [2.75, 3.05) is 44.7 Å². The highest BCUT2D eigenvalue weighted by atomic mass is 19.4. The van der Waals surface area contributed by atoms with E-state index in [9.17, 15) is 32.7 Å². The fourth-order valence-corrected chi connectivity index (χ4v) is 5.82. The lowest BCUT2D eigenvalue weighted by Crippen LogP contribution is -2.51. The third-order valence-electron chi connectivity index (χ3n) is 8.39. The van der Waals surface area contributed by atoms with Gasteiger partial charge in [-0.1, -0.05) is 13.5 Å². The van der Waals surface area contributed by atoms with Gasteiger partial charge in [0.25, 0.3) is 11.5 Å². The summed E-state index contributed by atoms with van der Waals surface area (Å²) in [5.74, 6) is -0.857. The van der Waals surface area contributed by atoms with Crippen molar-refractivity contribution >= 4 is 34.4 Å². The summed E-state index contributed by atoms with van der Waals surface area (Å²) in [6.45, 7) is 4.92. The highest BCUT2D eigenvalue weighted by Gasteiger charge is 2.32. The number of aromatic nitrogens is 6. The number of hydrogen-bond acceptors (Lipinski definition) is 11. The Morgan fingerprint density at radius 2 is 1.90 bits per heavy atom. The summed E-state index contributed by atoms with van der Waals surface area (Å²) in [5, 5.41) is 17.5. The molecule has 1 fully saturated rings. The molecule has 6 rings (SSSR count). The van der Waals surface area contributed by atoms with E-state index in [-0.39, 0.29) is 85.8 Å². The van der Waals surface area contributed by atoms with Crippen LogP contribution in [0.1, 0.15) is 29.4 Å². The standard InChI is InChI=1S/C32H32F3N9O6/c1-4-21-26(41-11-13-42(14-12-41)29(47)25-22(45)6-5-20-27(25)50-17-38-20)30(48)44-31(39-28(40-44)19-8-10-37-24(15-19)49-3)43(21)16-23(46)36-9-7-18(2)32(33,34)35/h5-6,8,10,15,17,45H,2,4,7,9,11-14,16H2,1,3H3,(H,36,46). The molecule has 0 unspecified atom stereocenters. The molecule has 1 aliphatic heterocycles. The van der Waals surface area contributed by atoms with E-state index in [0.717, 1.165) is 4.52 Å². The maximum absolute atomic E-state index is 14.2. The minimum absolute atomic E-state index is 0.0146. The molecule has 15 nitrogen and oxygen atoms in total. The maximum atomic E-state index is 14.2. The smallest absolute Gasteiger partial charge is 0.412 e. The van der Waals surface area contributed by atoms with Crippen molar-refractivity contribution in [2.45, 2.75) is 32.5 Å². The number of carbonyl (C=O) groups is 2. The minimum Gasteiger partial charge on any atom is -0.507 e. The van der Waals surface area contributed by atoms with Gasteiger partial charge in [0.2, 0.25) is 17.6 Å². The molecule has 0 bridgehead atoms. The number of aromatic hydroxyl groups is 1. The van der Waals surface area contributed by atoms with Crippen LogP contribution in [-0.4, -0.2) is 97.0 Å². The lowest BCUT2D eigenvalue weighted by atomic mass is 10.1. The topological polar surface area (TPSA) is 173 Å². The first-order chi connectivity index (χ1) is 23.9. The quantitative estimate of drug-likeness (QED) is 0.206. The highest BCUT2D eigenvalue weighted by Crippen LogP contribution is 2.30. The van der Waals surface area contributed by atoms with Gasteiger partial charge < -0.3 is 33.9 Å². The van der Waals surface area contributed by atoms with Gasteiger partial charge in [0, 0.05) is 56.1 Å². The molecule has 2 N–H and O–H groups in total. The summed E-state index contributed by atoms with van der Waals surface area (Å²) >= 11 is 0. The number of anilines is 1. The number of ether oxygens (including phenoxy) is 1. The van der Waals surface area contributed by atoms with Crippen LogP contribution in [0.25, 0.3) is 28.3 Å². The fraction of sp³-hybridized carbons (Fsp3) is 0.344. The Kier molecular flexibility index (Phi) is 9.18. The molecule has 262 valence electrons. The molecular weight excluding hydrogens is 663 g/mol. The van der Waals surface area contributed by atoms with Crippen LogP contribution in [0.3, 0.4) is 0 Å². The molecular formula is C32H32F3N9O6. The number of nitrogens with zero attached hydrogens (tertiary/aromatic N) is 8. The van der Waals surface area contributed by atoms with Gasteiger partial charge >= 0.3 is 6.18 Å². The van der Waals surface area contributed by atoms with Crippen LogP contribution in [0.4, 0.5) is 18.9 Å². The van der Waals surface area contributed by atoms with Crippen molar-refractivity contribution in [2.24, 2.45) is 0 Å². The Hall–Kier alpha value is -5.94. The second kappa shape index (κ2) is 13.5. The van der Waals surface area contributed by atoms with Gasteiger partial charge in [-0.3, -0.25) is 14.4 Å². The van der Waals surface area contributed by atoms with Crippen molar-refractivity contribution in [3.05, 3.63) is 70.6 Å². The number of methoxy groups -OCH3 is 1. The molecule has 18 heteroatoms. The van der Waals surface area contributed by atoms with Gasteiger partial charge in [-0.05, 0) is 31.0 Å². The van der Waals surface area contributed by atoms with E-state index >= 15 is 0 Å². The molecule has 0 saturated carbocycles. The van der Waals surface area contributed by atoms with Crippen LogP contribution in [0, 0.1) is 0 Å². The number of alkyl halides is 3. The van der Waals surface area contributed by atoms with Crippen molar-refractivity contribution in [1.29, 1.82) is 0 Å². The van der Waals surface area contributed by atoms with E-state index in [4.69, 9.17) is 9.15 Å². The van der Waals surface area contributed by atoms with Crippen LogP contribution in [-0.2, 0) is 17.8 Å². The molecule has 50 heavy (non-hydrogen) atoms. The van der Waals surface area contributed by atoms with Crippen LogP contribution in [0.15, 0.2) is 58.2 Å². The molecule has 0 aliphatic carbocycles. The normalized spacial score (nSPS) is 13.6. The zero-order valence-electron chi connectivity index (χ0n) is 27.0. The van der Waals surface area contributed by atoms with E-state index in [1.807, 2.05) is 0 Å². The molecule has 0 spiro atoms. The van der Waals surface area contributed by atoms with Gasteiger partial charge in [-0.15, -0.1) is 5.10 Å². The summed E-state index contributed by atoms with van der Waals surface area (Å²) in [6.07, 6.45) is -2.13. The zero-order chi connectivity index (χ0) is 35.7. The summed E-state index contributed by atoms with van der Waals surface area (Å²) in [7, 11) is 1.44. The van der Waals surface area contributed by atoms with Crippen LogP contribution in [0.5, 0.6) is 11.6 Å². The van der Waals surface area contributed by atoms with Crippen molar-refractivity contribution < 1.29 is 37.0 Å². The number of halogens is 3. The molecule has 0 atom stereocenters. The van der Waals surface area contributed by atoms with Crippen LogP contribution >= 0.6 is 0 Å². The second-order valence-corrected chi connectivity index (χ2v) is 11.4. The van der Waals surface area contributed by atoms with Gasteiger partial charge in [0.1, 0.15) is 29.1 Å². The van der Waals surface area contributed by atoms with Crippen molar-refractivity contribution in [1.82, 2.24) is 39.3 Å². The number of benzene rings is 1. The van der Waals surface area contributed by atoms with E-state index < -0.39 is 35.5 Å². The largest absolute Gasteiger partial charge is 0.507 e. The fourth-order valence-electron chi connectivity index (χ4n) is 5.82. The summed E-state index contributed by atoms with van der Waals surface area (Å²) in [4.78, 5) is 56.9. The molecule has 1 aliphatic rings. The van der Waals surface area contributed by atoms with Crippen molar-refractivity contribution in [3.8, 4) is 23.0 Å². The van der Waals surface area contributed by atoms with Gasteiger partial charge in [-0.2, -0.15) is 22.7 Å². The van der Waals surface area contributed by atoms with Gasteiger partial charge in [-0.25, -0.2) is 9.97 Å². The number of carbonyl (C=O) groups excluding carboxylic acids is 2. The lowest BCUT2D eigenvalue weighted by Gasteiger charge is -2.36. The minimum atomic E-state index is -4.58. The SMILES string of the molecule is C=C(CCNC(=O)Cn1c(CC)c(N2CCN(C(=O)c3c(O)ccc4ncoc34)CC2)c(=O)n2nc(-c3ccnc(OC)c3)nc12)C(F)(F)F. The third-order valence-corrected chi connectivity index (χ3v) is 8.39. The number of pyridine rings is 1. The Morgan fingerprint density at radius 3 is 2.60 bits per heavy atom. The average Bonchev–Trinajstić information content (AvgIpc) is 3.77. The first-order valence-electron chi connectivity index (χ1n) is 15.5. The number of phenolic OH excluding ortho intramolecular Hbond substituents is 1. The number of amides is 2. The average molecular weight is 696 g/mol. The van der Waals surface area contributed by atoms with E-state index in [1.54, 1.807) is 24.0 Å². The zero-order valence-corrected chi connectivity index (χ0v) is 27.0. The Morgan fingerprint density at radius 1 is 1.14 bits per heavy atom. The molecule has 2 amide bonds. The number of nitrogens with one attached hydrogen (secondary N) is 1. The Balaban J connectivity index is 1.34. The number of piperazine rings is 1. The lowest BCUT2D eigenvalue weighted by molar-refractivity contribution is -0.122. The molecule has 1 aromatic carbocycles. The Labute approximate surface area is 281 Å². The number of fused-ring (bicyclic) bond motifs is 2. The summed E-state index contributed by atoms with van der Waals surface area (Å²) in [5.41, 5.74) is 0.227. The molecule has 5 heterocycles. The van der Waals surface area contributed by atoms with Crippen LogP contribution < -0.4 is 20.5 Å². The molecule has 1 saturated heterocycles. The first kappa shape index (κ1) is 33.9. The number of phenols is 1. The Bertz CT molecular complexity index is 2170. The number of oxazole rings is 1.